The van der Waals surface area contributed by atoms with Crippen molar-refractivity contribution in [1.29, 1.82) is 0 Å². The zero-order valence-corrected chi connectivity index (χ0v) is 19.0. The largest absolute Gasteiger partial charge is 0.481 e. The zero-order valence-electron chi connectivity index (χ0n) is 19.0. The van der Waals surface area contributed by atoms with Crippen LogP contribution in [0.5, 0.6) is 11.5 Å². The number of hydrazine groups is 1. The molecule has 0 fully saturated rings. The highest BCUT2D eigenvalue weighted by molar-refractivity contribution is 5.88. The number of carboxylic acids is 1. The van der Waals surface area contributed by atoms with Crippen molar-refractivity contribution in [1.82, 2.24) is 10.9 Å². The lowest BCUT2D eigenvalue weighted by molar-refractivity contribution is -0.137. The summed E-state index contributed by atoms with van der Waals surface area (Å²) in [6.45, 7) is 8.68. The molecule has 8 heteroatoms. The maximum absolute atomic E-state index is 12.6. The molecule has 2 amide bonds. The fourth-order valence-corrected chi connectivity index (χ4v) is 2.75. The van der Waals surface area contributed by atoms with Gasteiger partial charge in [0, 0.05) is 6.42 Å². The Kier molecular flexibility index (Phi) is 7.86. The lowest BCUT2D eigenvalue weighted by Gasteiger charge is -2.25. The minimum Gasteiger partial charge on any atom is -0.481 e. The van der Waals surface area contributed by atoms with E-state index in [1.54, 1.807) is 71.0 Å². The van der Waals surface area contributed by atoms with Crippen LogP contribution in [0, 0.1) is 0 Å². The summed E-state index contributed by atoms with van der Waals surface area (Å²) in [6.07, 6.45) is -0.192. The van der Waals surface area contributed by atoms with Gasteiger partial charge < -0.3 is 14.6 Å². The minimum absolute atomic E-state index is 0.0817. The number of aryl methyl sites for hydroxylation is 1. The van der Waals surface area contributed by atoms with E-state index in [1.807, 2.05) is 12.1 Å². The van der Waals surface area contributed by atoms with E-state index < -0.39 is 29.0 Å². The molecule has 172 valence electrons. The van der Waals surface area contributed by atoms with Crippen LogP contribution in [-0.4, -0.2) is 28.7 Å². The molecule has 0 spiro atoms. The van der Waals surface area contributed by atoms with Crippen molar-refractivity contribution in [3.8, 4) is 11.5 Å². The van der Waals surface area contributed by atoms with Crippen LogP contribution in [0.3, 0.4) is 0 Å². The monoisotopic (exact) mass is 442 g/mol. The van der Waals surface area contributed by atoms with Crippen LogP contribution in [-0.2, 0) is 26.2 Å². The summed E-state index contributed by atoms with van der Waals surface area (Å²) in [7, 11) is 0. The molecule has 0 aliphatic rings. The molecular weight excluding hydrogens is 412 g/mol. The Morgan fingerprint density at radius 2 is 1.38 bits per heavy atom. The van der Waals surface area contributed by atoms with Gasteiger partial charge in [-0.05, 0) is 76.4 Å². The first-order chi connectivity index (χ1) is 14.9. The van der Waals surface area contributed by atoms with Crippen molar-refractivity contribution in [2.45, 2.75) is 58.5 Å². The van der Waals surface area contributed by atoms with E-state index >= 15 is 0 Å². The molecular formula is C24H30N2O6. The smallest absolute Gasteiger partial charge is 0.426 e. The molecule has 2 aromatic carbocycles. The van der Waals surface area contributed by atoms with Crippen LogP contribution >= 0.6 is 0 Å². The van der Waals surface area contributed by atoms with Crippen LogP contribution in [0.2, 0.25) is 0 Å². The number of rotatable bonds is 7. The molecule has 0 saturated carbocycles. The fourth-order valence-electron chi connectivity index (χ4n) is 2.75. The topological polar surface area (TPSA) is 114 Å². The third-order valence-electron chi connectivity index (χ3n) is 4.61. The molecule has 0 atom stereocenters. The van der Waals surface area contributed by atoms with E-state index in [-0.39, 0.29) is 6.42 Å². The molecule has 0 heterocycles. The number of carbonyl (C=O) groups excluding carboxylic acids is 2. The van der Waals surface area contributed by atoms with Crippen LogP contribution < -0.4 is 15.6 Å². The molecule has 0 aromatic heterocycles. The van der Waals surface area contributed by atoms with Gasteiger partial charge in [0.15, 0.2) is 0 Å². The minimum atomic E-state index is -0.917. The molecule has 0 saturated heterocycles. The van der Waals surface area contributed by atoms with Gasteiger partial charge in [0.05, 0.1) is 5.41 Å². The standard InChI is InChI=1S/C24H30N2O6/c1-23(2,3)32-22(30)26-25-21(29)24(4,5)17-9-13-19(14-10-17)31-18-11-6-16(7-12-18)8-15-20(27)28/h6-7,9-14H,8,15H2,1-5H3,(H,25,29)(H,26,30)(H,27,28). The summed E-state index contributed by atoms with van der Waals surface area (Å²) in [4.78, 5) is 35.0. The molecule has 2 aromatic rings. The van der Waals surface area contributed by atoms with Gasteiger partial charge in [0.1, 0.15) is 17.1 Å². The van der Waals surface area contributed by atoms with Crippen LogP contribution in [0.15, 0.2) is 48.5 Å². The first kappa shape index (κ1) is 24.7. The van der Waals surface area contributed by atoms with E-state index in [0.29, 0.717) is 17.9 Å². The number of carbonyl (C=O) groups is 3. The number of benzene rings is 2. The second-order valence-corrected chi connectivity index (χ2v) is 8.87. The Balaban J connectivity index is 1.96. The number of ether oxygens (including phenoxy) is 2. The Hall–Kier alpha value is -3.55. The van der Waals surface area contributed by atoms with E-state index in [9.17, 15) is 14.4 Å². The normalized spacial score (nSPS) is 11.4. The molecule has 8 nitrogen and oxygen atoms in total. The van der Waals surface area contributed by atoms with Gasteiger partial charge >= 0.3 is 12.1 Å². The van der Waals surface area contributed by atoms with Crippen LogP contribution in [0.4, 0.5) is 4.79 Å². The lowest BCUT2D eigenvalue weighted by atomic mass is 9.84. The van der Waals surface area contributed by atoms with Crippen LogP contribution in [0.1, 0.15) is 52.2 Å². The molecule has 32 heavy (non-hydrogen) atoms. The Bertz CT molecular complexity index is 944. The van der Waals surface area contributed by atoms with E-state index in [1.165, 1.54) is 0 Å². The highest BCUT2D eigenvalue weighted by Crippen LogP contribution is 2.28. The molecule has 0 unspecified atom stereocenters. The highest BCUT2D eigenvalue weighted by atomic mass is 16.6. The summed E-state index contributed by atoms with van der Waals surface area (Å²) >= 11 is 0. The average Bonchev–Trinajstić information content (AvgIpc) is 2.70. The van der Waals surface area contributed by atoms with E-state index in [2.05, 4.69) is 10.9 Å². The van der Waals surface area contributed by atoms with Crippen molar-refractivity contribution in [3.63, 3.8) is 0 Å². The van der Waals surface area contributed by atoms with Gasteiger partial charge in [0.2, 0.25) is 5.91 Å². The quantitative estimate of drug-likeness (QED) is 0.550. The fraction of sp³-hybridized carbons (Fsp3) is 0.375. The molecule has 0 aliphatic carbocycles. The maximum Gasteiger partial charge on any atom is 0.426 e. The summed E-state index contributed by atoms with van der Waals surface area (Å²) in [5.41, 5.74) is 4.72. The molecule has 2 rings (SSSR count). The number of hydrogen-bond acceptors (Lipinski definition) is 5. The predicted molar refractivity (Wildman–Crippen MR) is 119 cm³/mol. The summed E-state index contributed by atoms with van der Waals surface area (Å²) < 4.78 is 10.9. The molecule has 3 N–H and O–H groups in total. The average molecular weight is 443 g/mol. The SMILES string of the molecule is CC(C)(C)OC(=O)NNC(=O)C(C)(C)c1ccc(Oc2ccc(CCC(=O)O)cc2)cc1. The van der Waals surface area contributed by atoms with Gasteiger partial charge in [-0.2, -0.15) is 0 Å². The molecule has 0 aliphatic heterocycles. The number of hydrogen-bond donors (Lipinski definition) is 3. The summed E-state index contributed by atoms with van der Waals surface area (Å²) in [6, 6.07) is 14.3. The first-order valence-electron chi connectivity index (χ1n) is 10.3. The van der Waals surface area contributed by atoms with Gasteiger partial charge in [-0.1, -0.05) is 24.3 Å². The van der Waals surface area contributed by atoms with Crippen molar-refractivity contribution in [3.05, 3.63) is 59.7 Å². The summed E-state index contributed by atoms with van der Waals surface area (Å²) in [5.74, 6) is -0.0119. The third-order valence-corrected chi connectivity index (χ3v) is 4.61. The third kappa shape index (κ3) is 7.61. The first-order valence-corrected chi connectivity index (χ1v) is 10.3. The van der Waals surface area contributed by atoms with Crippen molar-refractivity contribution in [2.75, 3.05) is 0 Å². The number of nitrogens with one attached hydrogen (secondary N) is 2. The zero-order chi connectivity index (χ0) is 23.9. The number of aliphatic carboxylic acids is 1. The van der Waals surface area contributed by atoms with Crippen molar-refractivity contribution in [2.24, 2.45) is 0 Å². The van der Waals surface area contributed by atoms with Gasteiger partial charge in [-0.25, -0.2) is 10.2 Å². The van der Waals surface area contributed by atoms with E-state index in [0.717, 1.165) is 11.1 Å². The maximum atomic E-state index is 12.6. The second kappa shape index (κ2) is 10.2. The second-order valence-electron chi connectivity index (χ2n) is 8.87. The van der Waals surface area contributed by atoms with Gasteiger partial charge in [-0.15, -0.1) is 0 Å². The Morgan fingerprint density at radius 3 is 1.88 bits per heavy atom. The molecule has 0 bridgehead atoms. The van der Waals surface area contributed by atoms with E-state index in [4.69, 9.17) is 14.6 Å². The lowest BCUT2D eigenvalue weighted by Crippen LogP contribution is -2.50. The van der Waals surface area contributed by atoms with Crippen molar-refractivity contribution >= 4 is 18.0 Å². The molecule has 0 radical (unpaired) electrons. The number of amides is 2. The van der Waals surface area contributed by atoms with Gasteiger partial charge in [-0.3, -0.25) is 15.0 Å². The predicted octanol–water partition coefficient (Wildman–Crippen LogP) is 4.33. The number of carboxylic acid groups (broad SMARTS) is 1. The van der Waals surface area contributed by atoms with Crippen molar-refractivity contribution < 1.29 is 29.0 Å². The van der Waals surface area contributed by atoms with Crippen LogP contribution in [0.25, 0.3) is 0 Å². The Morgan fingerprint density at radius 1 is 0.844 bits per heavy atom. The Labute approximate surface area is 187 Å². The van der Waals surface area contributed by atoms with Gasteiger partial charge in [0.25, 0.3) is 0 Å². The highest BCUT2D eigenvalue weighted by Gasteiger charge is 2.30. The summed E-state index contributed by atoms with van der Waals surface area (Å²) in [5, 5.41) is 8.76.